The number of aliphatic hydroxyl groups excluding tert-OH is 1. The van der Waals surface area contributed by atoms with Gasteiger partial charge in [0.05, 0.1) is 25.4 Å². The number of nitrogens with two attached hydrogens (primary N) is 1. The molecule has 0 aliphatic heterocycles. The van der Waals surface area contributed by atoms with Gasteiger partial charge in [0.1, 0.15) is 0 Å². The molecule has 0 aliphatic carbocycles. The zero-order valence-electron chi connectivity index (χ0n) is 29.6. The van der Waals surface area contributed by atoms with Crippen LogP contribution in [-0.4, -0.2) is 47.8 Å². The Morgan fingerprint density at radius 3 is 1.42 bits per heavy atom. The molecule has 270 valence electrons. The average molecular weight is 663 g/mol. The molecule has 45 heavy (non-hydrogen) atoms. The number of carbonyl (C=O) groups excluding carboxylic acids is 1. The number of phosphoric ester groups is 1. The van der Waals surface area contributed by atoms with Crippen LogP contribution in [-0.2, 0) is 18.4 Å². The van der Waals surface area contributed by atoms with Gasteiger partial charge in [-0.3, -0.25) is 13.8 Å². The Hall–Kier alpha value is -0.500. The fraction of sp³-hybridized carbons (Fsp3) is 0.972. The van der Waals surface area contributed by atoms with Gasteiger partial charge >= 0.3 is 7.82 Å². The van der Waals surface area contributed by atoms with Crippen LogP contribution in [0.3, 0.4) is 0 Å². The highest BCUT2D eigenvalue weighted by Gasteiger charge is 2.27. The van der Waals surface area contributed by atoms with Gasteiger partial charge in [-0.25, -0.2) is 4.57 Å². The monoisotopic (exact) mass is 663 g/mol. The zero-order valence-corrected chi connectivity index (χ0v) is 30.5. The number of rotatable bonds is 36. The molecule has 0 spiro atoms. The van der Waals surface area contributed by atoms with E-state index in [4.69, 9.17) is 14.8 Å². The Labute approximate surface area is 278 Å². The summed E-state index contributed by atoms with van der Waals surface area (Å²) < 4.78 is 22.1. The summed E-state index contributed by atoms with van der Waals surface area (Å²) in [5.74, 6) is -0.160. The fourth-order valence-corrected chi connectivity index (χ4v) is 6.54. The molecule has 9 heteroatoms. The maximum absolute atomic E-state index is 12.7. The molecule has 0 fully saturated rings. The molecule has 0 heterocycles. The van der Waals surface area contributed by atoms with Crippen molar-refractivity contribution in [2.24, 2.45) is 5.73 Å². The summed E-state index contributed by atoms with van der Waals surface area (Å²) in [7, 11) is -4.30. The summed E-state index contributed by atoms with van der Waals surface area (Å²) in [5.41, 5.74) is 5.36. The Morgan fingerprint density at radius 2 is 1.02 bits per heavy atom. The molecular formula is C36H75N2O6P. The van der Waals surface area contributed by atoms with Crippen molar-refractivity contribution in [1.29, 1.82) is 0 Å². The first kappa shape index (κ1) is 44.5. The van der Waals surface area contributed by atoms with Crippen molar-refractivity contribution in [3.05, 3.63) is 0 Å². The van der Waals surface area contributed by atoms with Gasteiger partial charge in [-0.05, 0) is 12.8 Å². The van der Waals surface area contributed by atoms with Gasteiger partial charge in [0.2, 0.25) is 5.91 Å². The third-order valence-corrected chi connectivity index (χ3v) is 9.70. The van der Waals surface area contributed by atoms with Gasteiger partial charge in [0.25, 0.3) is 0 Å². The summed E-state index contributed by atoms with van der Waals surface area (Å²) in [4.78, 5) is 22.6. The van der Waals surface area contributed by atoms with Crippen molar-refractivity contribution in [3.63, 3.8) is 0 Å². The molecule has 0 saturated carbocycles. The molecule has 1 amide bonds. The topological polar surface area (TPSA) is 131 Å². The smallest absolute Gasteiger partial charge is 0.391 e. The second-order valence-corrected chi connectivity index (χ2v) is 14.6. The van der Waals surface area contributed by atoms with Crippen molar-refractivity contribution in [1.82, 2.24) is 5.32 Å². The van der Waals surface area contributed by atoms with E-state index in [0.29, 0.717) is 12.8 Å². The van der Waals surface area contributed by atoms with Crippen LogP contribution in [0.15, 0.2) is 0 Å². The van der Waals surface area contributed by atoms with Gasteiger partial charge in [-0.15, -0.1) is 0 Å². The second kappa shape index (κ2) is 33.4. The minimum atomic E-state index is -4.30. The maximum atomic E-state index is 12.7. The zero-order chi connectivity index (χ0) is 33.3. The van der Waals surface area contributed by atoms with Crippen LogP contribution in [0.25, 0.3) is 0 Å². The largest absolute Gasteiger partial charge is 0.472 e. The SMILES string of the molecule is CCCCCCCCCCCCCCCCCC(=O)NC(COP(=O)(O)OCCN)C(O)CCCCCCCCCCCCC. The van der Waals surface area contributed by atoms with E-state index in [9.17, 15) is 19.4 Å². The number of nitrogens with one attached hydrogen (secondary N) is 1. The Morgan fingerprint density at radius 1 is 0.644 bits per heavy atom. The number of phosphoric acid groups is 1. The normalized spacial score (nSPS) is 14.3. The summed E-state index contributed by atoms with van der Waals surface area (Å²) >= 11 is 0. The molecule has 0 radical (unpaired) electrons. The summed E-state index contributed by atoms with van der Waals surface area (Å²) in [6, 6.07) is -0.765. The number of hydrogen-bond donors (Lipinski definition) is 4. The predicted molar refractivity (Wildman–Crippen MR) is 189 cm³/mol. The number of hydrogen-bond acceptors (Lipinski definition) is 6. The van der Waals surface area contributed by atoms with Crippen molar-refractivity contribution in [2.45, 2.75) is 206 Å². The minimum Gasteiger partial charge on any atom is -0.391 e. The molecule has 5 N–H and O–H groups in total. The summed E-state index contributed by atoms with van der Waals surface area (Å²) in [6.07, 6.45) is 32.4. The molecule has 0 rings (SSSR count). The fourth-order valence-electron chi connectivity index (χ4n) is 5.78. The van der Waals surface area contributed by atoms with Crippen molar-refractivity contribution in [2.75, 3.05) is 19.8 Å². The maximum Gasteiger partial charge on any atom is 0.472 e. The van der Waals surface area contributed by atoms with Gasteiger partial charge < -0.3 is 21.1 Å². The Balaban J connectivity index is 4.19. The molecule has 8 nitrogen and oxygen atoms in total. The molecule has 3 unspecified atom stereocenters. The highest BCUT2D eigenvalue weighted by molar-refractivity contribution is 7.47. The van der Waals surface area contributed by atoms with Crippen molar-refractivity contribution < 1.29 is 28.4 Å². The Kier molecular flexibility index (Phi) is 33.0. The minimum absolute atomic E-state index is 0.0921. The molecule has 0 aromatic carbocycles. The lowest BCUT2D eigenvalue weighted by atomic mass is 10.0. The van der Waals surface area contributed by atoms with Crippen LogP contribution >= 0.6 is 7.82 Å². The Bertz CT molecular complexity index is 684. The van der Waals surface area contributed by atoms with E-state index < -0.39 is 20.0 Å². The van der Waals surface area contributed by atoms with Gasteiger partial charge in [-0.1, -0.05) is 174 Å². The number of unbranched alkanes of at least 4 members (excludes halogenated alkanes) is 24. The van der Waals surface area contributed by atoms with E-state index in [1.807, 2.05) is 0 Å². The first-order chi connectivity index (χ1) is 21.9. The quantitative estimate of drug-likeness (QED) is 0.0388. The third-order valence-electron chi connectivity index (χ3n) is 8.71. The molecule has 0 aromatic rings. The number of aliphatic hydroxyl groups is 1. The lowest BCUT2D eigenvalue weighted by Crippen LogP contribution is -2.46. The average Bonchev–Trinajstić information content (AvgIpc) is 3.02. The third kappa shape index (κ3) is 31.8. The second-order valence-electron chi connectivity index (χ2n) is 13.2. The van der Waals surface area contributed by atoms with E-state index in [-0.39, 0.29) is 25.7 Å². The number of carbonyl (C=O) groups is 1. The molecular weight excluding hydrogens is 587 g/mol. The highest BCUT2D eigenvalue weighted by atomic mass is 31.2. The standard InChI is InChI=1S/C36H75N2O6P/c1-3-5-7-9-11-13-15-16-17-18-20-22-24-26-28-30-36(40)38-34(33-44-45(41,42)43-32-31-37)35(39)29-27-25-23-21-19-14-12-10-8-6-4-2/h34-35,39H,3-33,37H2,1-2H3,(H,38,40)(H,41,42). The van der Waals surface area contributed by atoms with Crippen LogP contribution in [0.5, 0.6) is 0 Å². The van der Waals surface area contributed by atoms with Crippen molar-refractivity contribution >= 4 is 13.7 Å². The molecule has 0 saturated heterocycles. The highest BCUT2D eigenvalue weighted by Crippen LogP contribution is 2.43. The van der Waals surface area contributed by atoms with Crippen LogP contribution in [0, 0.1) is 0 Å². The van der Waals surface area contributed by atoms with E-state index in [0.717, 1.165) is 38.5 Å². The van der Waals surface area contributed by atoms with E-state index in [2.05, 4.69) is 19.2 Å². The van der Waals surface area contributed by atoms with Crippen LogP contribution < -0.4 is 11.1 Å². The van der Waals surface area contributed by atoms with E-state index in [1.54, 1.807) is 0 Å². The van der Waals surface area contributed by atoms with E-state index in [1.165, 1.54) is 128 Å². The predicted octanol–water partition coefficient (Wildman–Crippen LogP) is 9.89. The molecule has 0 bridgehead atoms. The first-order valence-corrected chi connectivity index (χ1v) is 20.6. The van der Waals surface area contributed by atoms with Crippen molar-refractivity contribution in [3.8, 4) is 0 Å². The van der Waals surface area contributed by atoms with Crippen LogP contribution in [0.2, 0.25) is 0 Å². The van der Waals surface area contributed by atoms with E-state index >= 15 is 0 Å². The van der Waals surface area contributed by atoms with Gasteiger partial charge in [-0.2, -0.15) is 0 Å². The lowest BCUT2D eigenvalue weighted by molar-refractivity contribution is -0.123. The summed E-state index contributed by atoms with van der Waals surface area (Å²) in [6.45, 7) is 4.20. The molecule has 3 atom stereocenters. The van der Waals surface area contributed by atoms with Gasteiger partial charge in [0, 0.05) is 13.0 Å². The van der Waals surface area contributed by atoms with Crippen LogP contribution in [0.1, 0.15) is 194 Å². The lowest BCUT2D eigenvalue weighted by Gasteiger charge is -2.25. The first-order valence-electron chi connectivity index (χ1n) is 19.2. The van der Waals surface area contributed by atoms with Crippen LogP contribution in [0.4, 0.5) is 0 Å². The molecule has 0 aliphatic rings. The molecule has 0 aromatic heterocycles. The summed E-state index contributed by atoms with van der Waals surface area (Å²) in [5, 5.41) is 13.7. The number of amides is 1. The van der Waals surface area contributed by atoms with Gasteiger partial charge in [0.15, 0.2) is 0 Å².